The predicted octanol–water partition coefficient (Wildman–Crippen LogP) is 5.18. The number of aliphatic imine (C=N–C) groups is 1. The van der Waals surface area contributed by atoms with Crippen LogP contribution in [-0.4, -0.2) is 17.1 Å². The summed E-state index contributed by atoms with van der Waals surface area (Å²) < 4.78 is 14.8. The highest BCUT2D eigenvalue weighted by atomic mass is 79.9. The van der Waals surface area contributed by atoms with Crippen molar-refractivity contribution in [3.63, 3.8) is 0 Å². The van der Waals surface area contributed by atoms with E-state index in [1.54, 1.807) is 30.3 Å². The molecule has 0 heterocycles. The van der Waals surface area contributed by atoms with Gasteiger partial charge in [0.15, 0.2) is 5.96 Å². The Bertz CT molecular complexity index is 775. The summed E-state index contributed by atoms with van der Waals surface area (Å²) in [6.07, 6.45) is 5.84. The lowest BCUT2D eigenvalue weighted by Gasteiger charge is -2.25. The lowest BCUT2D eigenvalue weighted by Crippen LogP contribution is -2.40. The van der Waals surface area contributed by atoms with Gasteiger partial charge in [-0.2, -0.15) is 0 Å². The first kappa shape index (κ1) is 18.7. The molecule has 0 atom stereocenters. The van der Waals surface area contributed by atoms with Crippen molar-refractivity contribution in [2.24, 2.45) is 4.99 Å². The van der Waals surface area contributed by atoms with Gasteiger partial charge in [-0.15, -0.1) is 0 Å². The van der Waals surface area contributed by atoms with E-state index in [-0.39, 0.29) is 18.1 Å². The van der Waals surface area contributed by atoms with Crippen molar-refractivity contribution in [3.8, 4) is 5.75 Å². The summed E-state index contributed by atoms with van der Waals surface area (Å²) in [5.74, 6) is 0.425. The minimum atomic E-state index is -0.281. The Morgan fingerprint density at radius 3 is 2.69 bits per heavy atom. The summed E-state index contributed by atoms with van der Waals surface area (Å²) in [6.45, 7) is 0.209. The van der Waals surface area contributed by atoms with E-state index in [2.05, 4.69) is 31.6 Å². The van der Waals surface area contributed by atoms with Gasteiger partial charge < -0.3 is 15.7 Å². The molecule has 1 saturated carbocycles. The number of benzene rings is 2. The summed E-state index contributed by atoms with van der Waals surface area (Å²) in [4.78, 5) is 4.55. The Hall–Kier alpha value is -2.08. The van der Waals surface area contributed by atoms with Crippen molar-refractivity contribution in [1.29, 1.82) is 0 Å². The molecule has 3 rings (SSSR count). The smallest absolute Gasteiger partial charge is 0.196 e. The molecule has 1 aliphatic rings. The number of nitrogens with one attached hydrogen (secondary N) is 2. The molecule has 26 heavy (non-hydrogen) atoms. The van der Waals surface area contributed by atoms with Crippen LogP contribution in [0.5, 0.6) is 5.75 Å². The third-order valence-corrected chi connectivity index (χ3v) is 5.01. The molecule has 0 radical (unpaired) electrons. The van der Waals surface area contributed by atoms with Crippen molar-refractivity contribution < 1.29 is 9.50 Å². The lowest BCUT2D eigenvalue weighted by molar-refractivity contribution is 0.413. The van der Waals surface area contributed by atoms with Crippen molar-refractivity contribution in [2.75, 3.05) is 5.32 Å². The van der Waals surface area contributed by atoms with E-state index < -0.39 is 0 Å². The molecule has 2 aromatic rings. The lowest BCUT2D eigenvalue weighted by atomic mass is 9.96. The maximum Gasteiger partial charge on any atom is 0.196 e. The number of aromatic hydroxyl groups is 1. The quantitative estimate of drug-likeness (QED) is 0.363. The number of anilines is 1. The van der Waals surface area contributed by atoms with Crippen LogP contribution in [0.25, 0.3) is 0 Å². The monoisotopic (exact) mass is 419 g/mol. The van der Waals surface area contributed by atoms with Crippen LogP contribution >= 0.6 is 15.9 Å². The van der Waals surface area contributed by atoms with Crippen LogP contribution in [0.2, 0.25) is 0 Å². The van der Waals surface area contributed by atoms with Gasteiger partial charge in [0, 0.05) is 16.1 Å². The number of nitrogens with zero attached hydrogens (tertiary/aromatic N) is 1. The second-order valence-corrected chi connectivity index (χ2v) is 7.44. The number of halogens is 2. The largest absolute Gasteiger partial charge is 0.506 e. The van der Waals surface area contributed by atoms with E-state index in [1.165, 1.54) is 25.3 Å². The van der Waals surface area contributed by atoms with Gasteiger partial charge >= 0.3 is 0 Å². The molecule has 0 spiro atoms. The van der Waals surface area contributed by atoms with E-state index in [4.69, 9.17) is 0 Å². The summed E-state index contributed by atoms with van der Waals surface area (Å²) in [6, 6.07) is 12.2. The summed E-state index contributed by atoms with van der Waals surface area (Å²) in [7, 11) is 0. The molecule has 4 nitrogen and oxygen atoms in total. The number of hydrogen-bond donors (Lipinski definition) is 3. The standard InChI is InChI=1S/C20H23BrFN3O/c21-15-10-11-17(22)14(12-15)13-23-20(24-16-6-2-1-3-7-16)25-18-8-4-5-9-19(18)26/h4-5,8-12,16,26H,1-3,6-7,13H2,(H2,23,24,25). The first-order valence-corrected chi connectivity index (χ1v) is 9.71. The van der Waals surface area contributed by atoms with Crippen LogP contribution < -0.4 is 10.6 Å². The predicted molar refractivity (Wildman–Crippen MR) is 107 cm³/mol. The van der Waals surface area contributed by atoms with Crippen LogP contribution in [0.15, 0.2) is 51.9 Å². The van der Waals surface area contributed by atoms with Gasteiger partial charge in [0.2, 0.25) is 0 Å². The van der Waals surface area contributed by atoms with E-state index in [0.29, 0.717) is 23.3 Å². The second kappa shape index (κ2) is 9.03. The van der Waals surface area contributed by atoms with Crippen molar-refractivity contribution in [1.82, 2.24) is 5.32 Å². The molecular weight excluding hydrogens is 397 g/mol. The van der Waals surface area contributed by atoms with Crippen molar-refractivity contribution >= 4 is 27.6 Å². The topological polar surface area (TPSA) is 56.6 Å². The highest BCUT2D eigenvalue weighted by Gasteiger charge is 2.15. The zero-order valence-electron chi connectivity index (χ0n) is 14.5. The van der Waals surface area contributed by atoms with Crippen molar-refractivity contribution in [3.05, 3.63) is 58.3 Å². The van der Waals surface area contributed by atoms with Gasteiger partial charge in [0.25, 0.3) is 0 Å². The SMILES string of the molecule is Oc1ccccc1NC(=NCc1cc(Br)ccc1F)NC1CCCCC1. The molecule has 0 aliphatic heterocycles. The highest BCUT2D eigenvalue weighted by molar-refractivity contribution is 9.10. The van der Waals surface area contributed by atoms with E-state index in [0.717, 1.165) is 17.3 Å². The fourth-order valence-electron chi connectivity index (χ4n) is 3.10. The van der Waals surface area contributed by atoms with Crippen molar-refractivity contribution in [2.45, 2.75) is 44.7 Å². The fraction of sp³-hybridized carbons (Fsp3) is 0.350. The Morgan fingerprint density at radius 2 is 1.92 bits per heavy atom. The van der Waals surface area contributed by atoms with Crippen LogP contribution in [0, 0.1) is 5.82 Å². The average Bonchev–Trinajstić information content (AvgIpc) is 2.65. The first-order valence-electron chi connectivity index (χ1n) is 8.92. The zero-order chi connectivity index (χ0) is 18.4. The molecule has 3 N–H and O–H groups in total. The fourth-order valence-corrected chi connectivity index (χ4v) is 3.51. The molecule has 0 unspecified atom stereocenters. The molecule has 0 aromatic heterocycles. The molecule has 138 valence electrons. The molecule has 0 saturated heterocycles. The van der Waals surface area contributed by atoms with Gasteiger partial charge in [-0.3, -0.25) is 0 Å². The summed E-state index contributed by atoms with van der Waals surface area (Å²) in [5.41, 5.74) is 1.09. The van der Waals surface area contributed by atoms with Gasteiger partial charge in [0.05, 0.1) is 12.2 Å². The van der Waals surface area contributed by atoms with Gasteiger partial charge in [0.1, 0.15) is 11.6 Å². The molecule has 6 heteroatoms. The van der Waals surface area contributed by atoms with E-state index in [1.807, 2.05) is 6.07 Å². The Labute approximate surface area is 161 Å². The molecular formula is C20H23BrFN3O. The Balaban J connectivity index is 1.78. The molecule has 1 fully saturated rings. The first-order chi connectivity index (χ1) is 12.6. The van der Waals surface area contributed by atoms with Gasteiger partial charge in [-0.1, -0.05) is 47.3 Å². The Morgan fingerprint density at radius 1 is 1.15 bits per heavy atom. The normalized spacial score (nSPS) is 15.7. The molecule has 0 bridgehead atoms. The molecule has 0 amide bonds. The van der Waals surface area contributed by atoms with Crippen LogP contribution in [0.4, 0.5) is 10.1 Å². The minimum absolute atomic E-state index is 0.152. The van der Waals surface area contributed by atoms with Crippen LogP contribution in [0.3, 0.4) is 0 Å². The average molecular weight is 420 g/mol. The Kier molecular flexibility index (Phi) is 6.50. The number of para-hydroxylation sites is 2. The molecule has 1 aliphatic carbocycles. The number of guanidine groups is 1. The van der Waals surface area contributed by atoms with Crippen LogP contribution in [-0.2, 0) is 6.54 Å². The van der Waals surface area contributed by atoms with Gasteiger partial charge in [-0.05, 0) is 43.2 Å². The number of phenols is 1. The third-order valence-electron chi connectivity index (χ3n) is 4.52. The minimum Gasteiger partial charge on any atom is -0.506 e. The van der Waals surface area contributed by atoms with E-state index in [9.17, 15) is 9.50 Å². The summed E-state index contributed by atoms with van der Waals surface area (Å²) >= 11 is 3.37. The second-order valence-electron chi connectivity index (χ2n) is 6.52. The van der Waals surface area contributed by atoms with Crippen LogP contribution in [0.1, 0.15) is 37.7 Å². The third kappa shape index (κ3) is 5.21. The molecule has 2 aromatic carbocycles. The zero-order valence-corrected chi connectivity index (χ0v) is 16.1. The van der Waals surface area contributed by atoms with Gasteiger partial charge in [-0.25, -0.2) is 9.38 Å². The van der Waals surface area contributed by atoms with E-state index >= 15 is 0 Å². The maximum atomic E-state index is 14.0. The number of rotatable bonds is 4. The summed E-state index contributed by atoms with van der Waals surface area (Å²) in [5, 5.41) is 16.6. The number of hydrogen-bond acceptors (Lipinski definition) is 2. The highest BCUT2D eigenvalue weighted by Crippen LogP contribution is 2.23. The maximum absolute atomic E-state index is 14.0. The number of phenolic OH excluding ortho intramolecular Hbond substituents is 1.